The van der Waals surface area contributed by atoms with Crippen molar-refractivity contribution in [1.29, 1.82) is 0 Å². The molecule has 0 aromatic heterocycles. The molecule has 1 unspecified atom stereocenters. The van der Waals surface area contributed by atoms with Crippen LogP contribution in [-0.4, -0.2) is 36.6 Å². The van der Waals surface area contributed by atoms with Crippen LogP contribution < -0.4 is 5.32 Å². The van der Waals surface area contributed by atoms with Gasteiger partial charge in [0.2, 0.25) is 0 Å². The van der Waals surface area contributed by atoms with Crippen LogP contribution in [0.5, 0.6) is 0 Å². The van der Waals surface area contributed by atoms with Crippen LogP contribution in [0.15, 0.2) is 18.2 Å². The van der Waals surface area contributed by atoms with E-state index in [9.17, 15) is 0 Å². The van der Waals surface area contributed by atoms with Gasteiger partial charge in [-0.15, -0.1) is 0 Å². The zero-order chi connectivity index (χ0) is 13.2. The molecule has 4 heteroatoms. The summed E-state index contributed by atoms with van der Waals surface area (Å²) in [7, 11) is 0. The van der Waals surface area contributed by atoms with Crippen LogP contribution in [0.4, 0.5) is 0 Å². The van der Waals surface area contributed by atoms with Crippen LogP contribution in [0.3, 0.4) is 0 Å². The standard InChI is InChI=1S/C15H20Cl2N2/c16-12-2-1-11(15(17)9-12)5-7-19-8-6-14(10-19)18-13-3-4-13/h1-2,9,13-14,18H,3-8,10H2. The second-order valence-corrected chi connectivity index (χ2v) is 6.56. The van der Waals surface area contributed by atoms with Crippen molar-refractivity contribution in [3.63, 3.8) is 0 Å². The average molecular weight is 299 g/mol. The lowest BCUT2D eigenvalue weighted by atomic mass is 10.1. The molecule has 2 fully saturated rings. The SMILES string of the molecule is Clc1ccc(CCN2CCC(NC3CC3)C2)c(Cl)c1. The average Bonchev–Trinajstić information content (AvgIpc) is 3.06. The normalized spacial score (nSPS) is 24.0. The van der Waals surface area contributed by atoms with Crippen molar-refractivity contribution >= 4 is 23.2 Å². The van der Waals surface area contributed by atoms with Crippen molar-refractivity contribution < 1.29 is 0 Å². The molecule has 1 heterocycles. The second kappa shape index (κ2) is 6.01. The molecule has 0 spiro atoms. The Kier molecular flexibility index (Phi) is 4.33. The minimum absolute atomic E-state index is 0.702. The highest BCUT2D eigenvalue weighted by Gasteiger charge is 2.28. The van der Waals surface area contributed by atoms with E-state index in [0.717, 1.165) is 24.0 Å². The first kappa shape index (κ1) is 13.7. The number of benzene rings is 1. The molecular weight excluding hydrogens is 279 g/mol. The maximum atomic E-state index is 6.21. The van der Waals surface area contributed by atoms with Gasteiger partial charge in [0.1, 0.15) is 0 Å². The third kappa shape index (κ3) is 3.85. The number of hydrogen-bond donors (Lipinski definition) is 1. The van der Waals surface area contributed by atoms with E-state index in [1.54, 1.807) is 0 Å². The summed E-state index contributed by atoms with van der Waals surface area (Å²) in [6.07, 6.45) is 5.03. The summed E-state index contributed by atoms with van der Waals surface area (Å²) in [5.74, 6) is 0. The van der Waals surface area contributed by atoms with Crippen LogP contribution >= 0.6 is 23.2 Å². The van der Waals surface area contributed by atoms with E-state index in [2.05, 4.69) is 10.2 Å². The molecule has 1 aliphatic carbocycles. The third-order valence-electron chi connectivity index (χ3n) is 4.03. The summed E-state index contributed by atoms with van der Waals surface area (Å²) in [4.78, 5) is 2.53. The van der Waals surface area contributed by atoms with Crippen LogP contribution in [0.25, 0.3) is 0 Å². The van der Waals surface area contributed by atoms with Gasteiger partial charge in [-0.1, -0.05) is 29.3 Å². The predicted molar refractivity (Wildman–Crippen MR) is 81.2 cm³/mol. The Balaban J connectivity index is 1.46. The van der Waals surface area contributed by atoms with Crippen molar-refractivity contribution in [2.75, 3.05) is 19.6 Å². The number of hydrogen-bond acceptors (Lipinski definition) is 2. The first-order valence-electron chi connectivity index (χ1n) is 7.13. The quantitative estimate of drug-likeness (QED) is 0.897. The van der Waals surface area contributed by atoms with Gasteiger partial charge in [0, 0.05) is 35.2 Å². The van der Waals surface area contributed by atoms with Gasteiger partial charge in [0.25, 0.3) is 0 Å². The molecule has 0 amide bonds. The minimum Gasteiger partial charge on any atom is -0.310 e. The number of halogens is 2. The Labute approximate surface area is 125 Å². The Morgan fingerprint density at radius 3 is 2.74 bits per heavy atom. The van der Waals surface area contributed by atoms with Crippen LogP contribution in [0, 0.1) is 0 Å². The van der Waals surface area contributed by atoms with Gasteiger partial charge in [-0.2, -0.15) is 0 Å². The number of rotatable bonds is 5. The number of nitrogens with zero attached hydrogens (tertiary/aromatic N) is 1. The molecule has 19 heavy (non-hydrogen) atoms. The van der Waals surface area contributed by atoms with E-state index in [0.29, 0.717) is 11.1 Å². The molecule has 0 bridgehead atoms. The first-order chi connectivity index (χ1) is 9.20. The fraction of sp³-hybridized carbons (Fsp3) is 0.600. The van der Waals surface area contributed by atoms with E-state index in [1.807, 2.05) is 18.2 Å². The van der Waals surface area contributed by atoms with Gasteiger partial charge in [-0.25, -0.2) is 0 Å². The van der Waals surface area contributed by atoms with Crippen molar-refractivity contribution in [3.05, 3.63) is 33.8 Å². The minimum atomic E-state index is 0.702. The fourth-order valence-electron chi connectivity index (χ4n) is 2.76. The van der Waals surface area contributed by atoms with Gasteiger partial charge in [0.05, 0.1) is 0 Å². The first-order valence-corrected chi connectivity index (χ1v) is 7.88. The number of likely N-dealkylation sites (tertiary alicyclic amines) is 1. The van der Waals surface area contributed by atoms with Gasteiger partial charge in [0.15, 0.2) is 0 Å². The molecule has 1 atom stereocenters. The van der Waals surface area contributed by atoms with E-state index in [4.69, 9.17) is 23.2 Å². The topological polar surface area (TPSA) is 15.3 Å². The Morgan fingerprint density at radius 1 is 1.16 bits per heavy atom. The molecule has 1 aromatic carbocycles. The van der Waals surface area contributed by atoms with Crippen molar-refractivity contribution in [2.45, 2.75) is 37.8 Å². The smallest absolute Gasteiger partial charge is 0.0453 e. The van der Waals surface area contributed by atoms with Gasteiger partial charge in [-0.3, -0.25) is 0 Å². The maximum Gasteiger partial charge on any atom is 0.0453 e. The highest BCUT2D eigenvalue weighted by Crippen LogP contribution is 2.23. The van der Waals surface area contributed by atoms with Crippen LogP contribution in [0.1, 0.15) is 24.8 Å². The van der Waals surface area contributed by atoms with E-state index in [1.165, 1.54) is 37.9 Å². The molecule has 2 nitrogen and oxygen atoms in total. The van der Waals surface area contributed by atoms with E-state index in [-0.39, 0.29) is 0 Å². The molecule has 1 aliphatic heterocycles. The van der Waals surface area contributed by atoms with Gasteiger partial charge < -0.3 is 10.2 Å². The molecule has 1 N–H and O–H groups in total. The molecule has 104 valence electrons. The lowest BCUT2D eigenvalue weighted by Gasteiger charge is -2.17. The van der Waals surface area contributed by atoms with Gasteiger partial charge >= 0.3 is 0 Å². The molecule has 1 saturated carbocycles. The van der Waals surface area contributed by atoms with Gasteiger partial charge in [-0.05, 0) is 49.9 Å². The van der Waals surface area contributed by atoms with Crippen molar-refractivity contribution in [3.8, 4) is 0 Å². The molecule has 0 radical (unpaired) electrons. The Hall–Kier alpha value is -0.280. The predicted octanol–water partition coefficient (Wildman–Crippen LogP) is 3.36. The Bertz CT molecular complexity index is 446. The Morgan fingerprint density at radius 2 is 2.00 bits per heavy atom. The fourth-order valence-corrected chi connectivity index (χ4v) is 3.26. The summed E-state index contributed by atoms with van der Waals surface area (Å²) in [6.45, 7) is 3.47. The second-order valence-electron chi connectivity index (χ2n) is 5.71. The highest BCUT2D eigenvalue weighted by atomic mass is 35.5. The number of nitrogens with one attached hydrogen (secondary N) is 1. The lowest BCUT2D eigenvalue weighted by molar-refractivity contribution is 0.331. The van der Waals surface area contributed by atoms with E-state index < -0.39 is 0 Å². The van der Waals surface area contributed by atoms with Crippen molar-refractivity contribution in [1.82, 2.24) is 10.2 Å². The molecule has 1 aromatic rings. The third-order valence-corrected chi connectivity index (χ3v) is 4.62. The maximum absolute atomic E-state index is 6.21. The van der Waals surface area contributed by atoms with E-state index >= 15 is 0 Å². The molecule has 1 saturated heterocycles. The van der Waals surface area contributed by atoms with Crippen LogP contribution in [-0.2, 0) is 6.42 Å². The highest BCUT2D eigenvalue weighted by molar-refractivity contribution is 6.35. The summed E-state index contributed by atoms with van der Waals surface area (Å²) in [5.41, 5.74) is 1.20. The lowest BCUT2D eigenvalue weighted by Crippen LogP contribution is -2.34. The summed E-state index contributed by atoms with van der Waals surface area (Å²) >= 11 is 12.1. The zero-order valence-electron chi connectivity index (χ0n) is 11.0. The molecule has 3 rings (SSSR count). The van der Waals surface area contributed by atoms with Crippen molar-refractivity contribution in [2.24, 2.45) is 0 Å². The molecule has 2 aliphatic rings. The van der Waals surface area contributed by atoms with Crippen LogP contribution in [0.2, 0.25) is 10.0 Å². The summed E-state index contributed by atoms with van der Waals surface area (Å²) < 4.78 is 0. The zero-order valence-corrected chi connectivity index (χ0v) is 12.6. The summed E-state index contributed by atoms with van der Waals surface area (Å²) in [6, 6.07) is 7.31. The largest absolute Gasteiger partial charge is 0.310 e. The summed E-state index contributed by atoms with van der Waals surface area (Å²) in [5, 5.41) is 5.22. The molecular formula is C15H20Cl2N2. The monoisotopic (exact) mass is 298 g/mol.